The smallest absolute Gasteiger partial charge is 0.246 e. The maximum Gasteiger partial charge on any atom is 0.246 e. The third kappa shape index (κ3) is 2.28. The van der Waals surface area contributed by atoms with Crippen molar-refractivity contribution < 1.29 is 4.79 Å². The van der Waals surface area contributed by atoms with Gasteiger partial charge in [0.15, 0.2) is 0 Å². The molecule has 1 saturated heterocycles. The van der Waals surface area contributed by atoms with Crippen LogP contribution in [0.1, 0.15) is 77.7 Å². The Morgan fingerprint density at radius 2 is 1.97 bits per heavy atom. The SMILES string of the molecule is CC1(C)[C@@H]2CC[C@@]1(C)[C@@H](Nc1ncc3c(n1)N(C1CCCC1)[C@]1(CCNC1=O)C3)C2. The number of hydrogen-bond acceptors (Lipinski definition) is 5. The minimum Gasteiger partial charge on any atom is -0.354 e. The van der Waals surface area contributed by atoms with E-state index in [9.17, 15) is 4.79 Å². The summed E-state index contributed by atoms with van der Waals surface area (Å²) in [5.41, 5.74) is 1.36. The van der Waals surface area contributed by atoms with Gasteiger partial charge in [0.05, 0.1) is 0 Å². The number of anilines is 2. The van der Waals surface area contributed by atoms with E-state index in [0.717, 1.165) is 55.5 Å². The van der Waals surface area contributed by atoms with Gasteiger partial charge in [-0.1, -0.05) is 33.6 Å². The first kappa shape index (κ1) is 18.9. The van der Waals surface area contributed by atoms with Gasteiger partial charge in [0.25, 0.3) is 0 Å². The second-order valence-corrected chi connectivity index (χ2v) is 11.4. The maximum atomic E-state index is 13.0. The molecule has 2 bridgehead atoms. The van der Waals surface area contributed by atoms with Crippen LogP contribution in [0.15, 0.2) is 6.20 Å². The highest BCUT2D eigenvalue weighted by molar-refractivity contribution is 5.94. The van der Waals surface area contributed by atoms with E-state index < -0.39 is 5.54 Å². The van der Waals surface area contributed by atoms with Crippen LogP contribution in [0, 0.1) is 16.7 Å². The van der Waals surface area contributed by atoms with Crippen LogP contribution in [-0.2, 0) is 11.2 Å². The van der Waals surface area contributed by atoms with Crippen molar-refractivity contribution >= 4 is 17.7 Å². The van der Waals surface area contributed by atoms with Crippen LogP contribution in [-0.4, -0.2) is 40.0 Å². The second kappa shape index (κ2) is 6.10. The summed E-state index contributed by atoms with van der Waals surface area (Å²) in [5, 5.41) is 6.85. The number of nitrogens with one attached hydrogen (secondary N) is 2. The Morgan fingerprint density at radius 3 is 2.60 bits per heavy atom. The molecule has 3 aliphatic carbocycles. The van der Waals surface area contributed by atoms with Gasteiger partial charge in [0, 0.05) is 36.8 Å². The van der Waals surface area contributed by atoms with Gasteiger partial charge in [-0.2, -0.15) is 4.98 Å². The van der Waals surface area contributed by atoms with E-state index in [1.165, 1.54) is 32.1 Å². The molecule has 0 unspecified atom stereocenters. The van der Waals surface area contributed by atoms with Gasteiger partial charge in [-0.3, -0.25) is 4.79 Å². The molecule has 3 saturated carbocycles. The fraction of sp³-hybridized carbons (Fsp3) is 0.792. The summed E-state index contributed by atoms with van der Waals surface area (Å²) in [5.74, 6) is 2.74. The predicted octanol–water partition coefficient (Wildman–Crippen LogP) is 3.67. The number of carbonyl (C=O) groups is 1. The highest BCUT2D eigenvalue weighted by atomic mass is 16.2. The molecule has 162 valence electrons. The Morgan fingerprint density at radius 1 is 1.17 bits per heavy atom. The van der Waals surface area contributed by atoms with E-state index >= 15 is 0 Å². The first-order valence-electron chi connectivity index (χ1n) is 12.1. The normalized spacial score (nSPS) is 39.2. The zero-order valence-electron chi connectivity index (χ0n) is 18.6. The second-order valence-electron chi connectivity index (χ2n) is 11.4. The summed E-state index contributed by atoms with van der Waals surface area (Å²) < 4.78 is 0. The number of carbonyl (C=O) groups excluding carboxylic acids is 1. The highest BCUT2D eigenvalue weighted by Gasteiger charge is 2.61. The van der Waals surface area contributed by atoms with E-state index in [1.807, 2.05) is 6.20 Å². The number of aromatic nitrogens is 2. The summed E-state index contributed by atoms with van der Waals surface area (Å²) in [6.45, 7) is 8.11. The predicted molar refractivity (Wildman–Crippen MR) is 117 cm³/mol. The van der Waals surface area contributed by atoms with Crippen molar-refractivity contribution in [2.24, 2.45) is 16.7 Å². The lowest BCUT2D eigenvalue weighted by Gasteiger charge is -2.40. The molecule has 6 heteroatoms. The zero-order valence-corrected chi connectivity index (χ0v) is 18.6. The quantitative estimate of drug-likeness (QED) is 0.797. The Hall–Kier alpha value is -1.85. The van der Waals surface area contributed by atoms with Crippen molar-refractivity contribution in [2.75, 3.05) is 16.8 Å². The number of hydrogen-bond donors (Lipinski definition) is 2. The average molecular weight is 410 g/mol. The minimum absolute atomic E-state index is 0.185. The Balaban J connectivity index is 1.33. The fourth-order valence-corrected chi connectivity index (χ4v) is 7.73. The van der Waals surface area contributed by atoms with Crippen LogP contribution in [0.3, 0.4) is 0 Å². The molecule has 2 N–H and O–H groups in total. The summed E-state index contributed by atoms with van der Waals surface area (Å²) in [6, 6.07) is 0.853. The van der Waals surface area contributed by atoms with Crippen molar-refractivity contribution in [1.82, 2.24) is 15.3 Å². The molecular weight excluding hydrogens is 374 g/mol. The number of nitrogens with zero attached hydrogens (tertiary/aromatic N) is 3. The lowest BCUT2D eigenvalue weighted by molar-refractivity contribution is -0.123. The molecule has 30 heavy (non-hydrogen) atoms. The largest absolute Gasteiger partial charge is 0.354 e. The van der Waals surface area contributed by atoms with E-state index in [0.29, 0.717) is 17.5 Å². The van der Waals surface area contributed by atoms with Gasteiger partial charge in [-0.05, 0) is 55.3 Å². The molecule has 5 aliphatic rings. The molecule has 1 aromatic rings. The molecule has 4 atom stereocenters. The van der Waals surface area contributed by atoms with Crippen LogP contribution in [0.2, 0.25) is 0 Å². The van der Waals surface area contributed by atoms with Gasteiger partial charge < -0.3 is 15.5 Å². The van der Waals surface area contributed by atoms with Gasteiger partial charge in [0.2, 0.25) is 11.9 Å². The zero-order chi connectivity index (χ0) is 20.7. The summed E-state index contributed by atoms with van der Waals surface area (Å²) in [6.07, 6.45) is 12.3. The first-order chi connectivity index (χ1) is 14.3. The van der Waals surface area contributed by atoms with Gasteiger partial charge in [-0.15, -0.1) is 0 Å². The monoisotopic (exact) mass is 409 g/mol. The molecule has 6 nitrogen and oxygen atoms in total. The fourth-order valence-electron chi connectivity index (χ4n) is 7.73. The van der Waals surface area contributed by atoms with Gasteiger partial charge in [0.1, 0.15) is 11.4 Å². The Bertz CT molecular complexity index is 894. The van der Waals surface area contributed by atoms with Crippen LogP contribution in [0.25, 0.3) is 0 Å². The van der Waals surface area contributed by atoms with Crippen LogP contribution < -0.4 is 15.5 Å². The molecule has 1 spiro atoms. The molecule has 3 heterocycles. The van der Waals surface area contributed by atoms with Gasteiger partial charge >= 0.3 is 0 Å². The van der Waals surface area contributed by atoms with Crippen molar-refractivity contribution in [2.45, 2.75) is 96.2 Å². The average Bonchev–Trinajstić information content (AvgIpc) is 3.48. The van der Waals surface area contributed by atoms with Crippen LogP contribution in [0.5, 0.6) is 0 Å². The maximum absolute atomic E-state index is 13.0. The number of amides is 1. The molecule has 1 amide bonds. The molecular formula is C24H35N5O. The van der Waals surface area contributed by atoms with Crippen LogP contribution >= 0.6 is 0 Å². The summed E-state index contributed by atoms with van der Waals surface area (Å²) in [4.78, 5) is 25.2. The van der Waals surface area contributed by atoms with Crippen LogP contribution in [0.4, 0.5) is 11.8 Å². The minimum atomic E-state index is -0.439. The van der Waals surface area contributed by atoms with E-state index in [4.69, 9.17) is 9.97 Å². The third-order valence-corrected chi connectivity index (χ3v) is 10.0. The lowest BCUT2D eigenvalue weighted by Crippen LogP contribution is -2.56. The number of fused-ring (bicyclic) bond motifs is 3. The Kier molecular flexibility index (Phi) is 3.84. The molecule has 1 aromatic heterocycles. The highest BCUT2D eigenvalue weighted by Crippen LogP contribution is 2.65. The molecule has 0 aromatic carbocycles. The van der Waals surface area contributed by atoms with Crippen molar-refractivity contribution in [3.05, 3.63) is 11.8 Å². The van der Waals surface area contributed by atoms with E-state index in [2.05, 4.69) is 36.3 Å². The van der Waals surface area contributed by atoms with E-state index in [-0.39, 0.29) is 11.3 Å². The first-order valence-corrected chi connectivity index (χ1v) is 12.1. The number of rotatable bonds is 3. The van der Waals surface area contributed by atoms with E-state index in [1.54, 1.807) is 0 Å². The van der Waals surface area contributed by atoms with Crippen molar-refractivity contribution in [3.63, 3.8) is 0 Å². The molecule has 4 fully saturated rings. The molecule has 6 rings (SSSR count). The summed E-state index contributed by atoms with van der Waals surface area (Å²) >= 11 is 0. The standard InChI is InChI=1S/C24H35N5O/c1-22(2)16-8-9-23(22,3)18(12-16)27-21-26-14-15-13-24(10-11-25-20(24)30)29(19(15)28-21)17-6-4-5-7-17/h14,16-18H,4-13H2,1-3H3,(H,25,30)(H,26,27,28)/t16-,18+,23+,24-/m1/s1. The van der Waals surface area contributed by atoms with Crippen molar-refractivity contribution in [1.29, 1.82) is 0 Å². The Labute approximate surface area is 179 Å². The van der Waals surface area contributed by atoms with Gasteiger partial charge in [-0.25, -0.2) is 4.98 Å². The topological polar surface area (TPSA) is 70.2 Å². The third-order valence-electron chi connectivity index (χ3n) is 10.0. The van der Waals surface area contributed by atoms with Crippen molar-refractivity contribution in [3.8, 4) is 0 Å². The summed E-state index contributed by atoms with van der Waals surface area (Å²) in [7, 11) is 0. The lowest BCUT2D eigenvalue weighted by atomic mass is 9.69. The molecule has 2 aliphatic heterocycles. The molecule has 0 radical (unpaired) electrons.